The van der Waals surface area contributed by atoms with Crippen LogP contribution in [0.3, 0.4) is 0 Å². The number of hydrogen-bond acceptors (Lipinski definition) is 4. The topological polar surface area (TPSA) is 104 Å². The molecule has 7 heteroatoms. The number of aliphatic carboxylic acids is 2. The van der Waals surface area contributed by atoms with Crippen molar-refractivity contribution in [3.63, 3.8) is 0 Å². The number of hydrogen-bond donors (Lipinski definition) is 2. The molecular weight excluding hydrogens is 278 g/mol. The molecule has 1 atom stereocenters. The van der Waals surface area contributed by atoms with Crippen LogP contribution in [0.2, 0.25) is 0 Å². The summed E-state index contributed by atoms with van der Waals surface area (Å²) in [6.07, 6.45) is 0. The van der Waals surface area contributed by atoms with Crippen LogP contribution in [0.5, 0.6) is 5.75 Å². The van der Waals surface area contributed by atoms with Crippen LogP contribution < -0.4 is 4.74 Å². The second-order valence-electron chi connectivity index (χ2n) is 4.55. The molecule has 2 N–H and O–H groups in total. The second kappa shape index (κ2) is 7.28. The van der Waals surface area contributed by atoms with E-state index in [4.69, 9.17) is 14.9 Å². The maximum absolute atomic E-state index is 12.3. The normalized spacial score (nSPS) is 11.5. The minimum absolute atomic E-state index is 0.174. The second-order valence-corrected chi connectivity index (χ2v) is 4.55. The molecule has 1 rings (SSSR count). The highest BCUT2D eigenvalue weighted by Gasteiger charge is 2.23. The first kappa shape index (κ1) is 16.5. The highest BCUT2D eigenvalue weighted by Crippen LogP contribution is 2.14. The van der Waals surface area contributed by atoms with Crippen LogP contribution >= 0.6 is 0 Å². The van der Waals surface area contributed by atoms with Gasteiger partial charge in [-0.25, -0.2) is 0 Å². The van der Waals surface area contributed by atoms with Gasteiger partial charge in [-0.15, -0.1) is 0 Å². The van der Waals surface area contributed by atoms with E-state index in [2.05, 4.69) is 0 Å². The lowest BCUT2D eigenvalue weighted by molar-refractivity contribution is -0.143. The third kappa shape index (κ3) is 4.79. The molecule has 0 radical (unpaired) electrons. The van der Waals surface area contributed by atoms with Crippen LogP contribution in [0.1, 0.15) is 17.3 Å². The summed E-state index contributed by atoms with van der Waals surface area (Å²) in [4.78, 5) is 35.0. The largest absolute Gasteiger partial charge is 0.497 e. The van der Waals surface area contributed by atoms with Gasteiger partial charge in [-0.1, -0.05) is 6.92 Å². The molecule has 1 aromatic rings. The van der Waals surface area contributed by atoms with E-state index in [1.54, 1.807) is 12.1 Å². The molecule has 0 aliphatic rings. The summed E-state index contributed by atoms with van der Waals surface area (Å²) in [5.41, 5.74) is 0.273. The van der Waals surface area contributed by atoms with E-state index >= 15 is 0 Å². The van der Waals surface area contributed by atoms with Gasteiger partial charge in [-0.2, -0.15) is 0 Å². The molecule has 0 aromatic heterocycles. The Balaban J connectivity index is 2.92. The standard InChI is InChI=1S/C14H17NO6/c1-9(14(19)20)7-15(8-12(16)17)13(18)10-3-5-11(21-2)6-4-10/h3-6,9H,7-8H2,1-2H3,(H,16,17)(H,19,20). The zero-order valence-electron chi connectivity index (χ0n) is 11.8. The Kier molecular flexibility index (Phi) is 5.71. The quantitative estimate of drug-likeness (QED) is 0.776. The van der Waals surface area contributed by atoms with Gasteiger partial charge in [0.1, 0.15) is 12.3 Å². The van der Waals surface area contributed by atoms with Crippen LogP contribution in [0.4, 0.5) is 0 Å². The van der Waals surface area contributed by atoms with E-state index < -0.39 is 30.3 Å². The summed E-state index contributed by atoms with van der Waals surface area (Å²) in [6.45, 7) is 0.688. The van der Waals surface area contributed by atoms with E-state index in [0.717, 1.165) is 4.90 Å². The van der Waals surface area contributed by atoms with Crippen molar-refractivity contribution in [2.75, 3.05) is 20.2 Å². The fourth-order valence-electron chi connectivity index (χ4n) is 1.71. The number of rotatable bonds is 7. The van der Waals surface area contributed by atoms with E-state index in [-0.39, 0.29) is 12.1 Å². The number of nitrogens with zero attached hydrogens (tertiary/aromatic N) is 1. The van der Waals surface area contributed by atoms with E-state index in [9.17, 15) is 14.4 Å². The number of methoxy groups -OCH3 is 1. The summed E-state index contributed by atoms with van der Waals surface area (Å²) >= 11 is 0. The summed E-state index contributed by atoms with van der Waals surface area (Å²) in [5.74, 6) is -3.11. The zero-order chi connectivity index (χ0) is 16.0. The SMILES string of the molecule is COc1ccc(C(=O)N(CC(=O)O)CC(C)C(=O)O)cc1. The Hall–Kier alpha value is -2.57. The molecule has 1 aromatic carbocycles. The molecule has 0 saturated carbocycles. The maximum Gasteiger partial charge on any atom is 0.323 e. The molecule has 114 valence electrons. The Morgan fingerprint density at radius 1 is 1.19 bits per heavy atom. The molecule has 0 aliphatic heterocycles. The van der Waals surface area contributed by atoms with E-state index in [1.165, 1.54) is 26.2 Å². The fourth-order valence-corrected chi connectivity index (χ4v) is 1.71. The Bertz CT molecular complexity index is 525. The van der Waals surface area contributed by atoms with Crippen molar-refractivity contribution in [1.82, 2.24) is 4.90 Å². The van der Waals surface area contributed by atoms with Crippen LogP contribution in [0, 0.1) is 5.92 Å². The lowest BCUT2D eigenvalue weighted by Gasteiger charge is -2.22. The summed E-state index contributed by atoms with van der Waals surface area (Å²) in [7, 11) is 1.49. The third-order valence-electron chi connectivity index (χ3n) is 2.87. The number of benzene rings is 1. The van der Waals surface area contributed by atoms with Crippen molar-refractivity contribution < 1.29 is 29.3 Å². The fraction of sp³-hybridized carbons (Fsp3) is 0.357. The molecule has 0 heterocycles. The van der Waals surface area contributed by atoms with E-state index in [0.29, 0.717) is 5.75 Å². The van der Waals surface area contributed by atoms with Crippen LogP contribution in [0.15, 0.2) is 24.3 Å². The van der Waals surface area contributed by atoms with E-state index in [1.807, 2.05) is 0 Å². The Morgan fingerprint density at radius 2 is 1.76 bits per heavy atom. The molecule has 0 fully saturated rings. The third-order valence-corrected chi connectivity index (χ3v) is 2.87. The molecule has 0 saturated heterocycles. The van der Waals surface area contributed by atoms with Crippen molar-refractivity contribution in [3.8, 4) is 5.75 Å². The molecule has 0 spiro atoms. The first-order valence-electron chi connectivity index (χ1n) is 6.23. The van der Waals surface area contributed by atoms with Crippen LogP contribution in [0.25, 0.3) is 0 Å². The first-order valence-corrected chi connectivity index (χ1v) is 6.23. The minimum atomic E-state index is -1.20. The highest BCUT2D eigenvalue weighted by molar-refractivity contribution is 5.96. The molecule has 7 nitrogen and oxygen atoms in total. The minimum Gasteiger partial charge on any atom is -0.497 e. The van der Waals surface area contributed by atoms with Crippen molar-refractivity contribution in [3.05, 3.63) is 29.8 Å². The number of carbonyl (C=O) groups is 3. The van der Waals surface area contributed by atoms with Gasteiger partial charge in [-0.3, -0.25) is 14.4 Å². The Labute approximate surface area is 121 Å². The van der Waals surface area contributed by atoms with Crippen LogP contribution in [-0.4, -0.2) is 53.2 Å². The number of carboxylic acid groups (broad SMARTS) is 2. The molecule has 1 amide bonds. The van der Waals surface area contributed by atoms with Gasteiger partial charge in [0, 0.05) is 12.1 Å². The number of carboxylic acids is 2. The van der Waals surface area contributed by atoms with Gasteiger partial charge in [0.15, 0.2) is 0 Å². The predicted molar refractivity (Wildman–Crippen MR) is 73.3 cm³/mol. The van der Waals surface area contributed by atoms with Crippen molar-refractivity contribution in [2.45, 2.75) is 6.92 Å². The van der Waals surface area contributed by atoms with Crippen molar-refractivity contribution in [1.29, 1.82) is 0 Å². The first-order chi connectivity index (χ1) is 9.85. The van der Waals surface area contributed by atoms with Crippen molar-refractivity contribution in [2.24, 2.45) is 5.92 Å². The van der Waals surface area contributed by atoms with Gasteiger partial charge >= 0.3 is 11.9 Å². The number of ether oxygens (including phenoxy) is 1. The number of amides is 1. The average Bonchev–Trinajstić information content (AvgIpc) is 2.45. The summed E-state index contributed by atoms with van der Waals surface area (Å²) in [5, 5.41) is 17.7. The molecule has 0 bridgehead atoms. The summed E-state index contributed by atoms with van der Waals surface area (Å²) < 4.78 is 4.97. The monoisotopic (exact) mass is 295 g/mol. The molecule has 1 unspecified atom stereocenters. The lowest BCUT2D eigenvalue weighted by atomic mass is 10.1. The van der Waals surface area contributed by atoms with Crippen LogP contribution in [-0.2, 0) is 9.59 Å². The zero-order valence-corrected chi connectivity index (χ0v) is 11.8. The van der Waals surface area contributed by atoms with Crippen molar-refractivity contribution >= 4 is 17.8 Å². The molecule has 0 aliphatic carbocycles. The molecule has 21 heavy (non-hydrogen) atoms. The van der Waals surface area contributed by atoms with Gasteiger partial charge in [0.25, 0.3) is 5.91 Å². The number of carbonyl (C=O) groups excluding carboxylic acids is 1. The Morgan fingerprint density at radius 3 is 2.19 bits per heavy atom. The van der Waals surface area contributed by atoms with Gasteiger partial charge in [0.05, 0.1) is 13.0 Å². The molecular formula is C14H17NO6. The summed E-state index contributed by atoms with van der Waals surface area (Å²) in [6, 6.07) is 6.16. The lowest BCUT2D eigenvalue weighted by Crippen LogP contribution is -2.40. The van der Waals surface area contributed by atoms with Gasteiger partial charge in [-0.05, 0) is 24.3 Å². The predicted octanol–water partition coefficient (Wildman–Crippen LogP) is 0.943. The smallest absolute Gasteiger partial charge is 0.323 e. The van der Waals surface area contributed by atoms with Gasteiger partial charge < -0.3 is 19.8 Å². The van der Waals surface area contributed by atoms with Gasteiger partial charge in [0.2, 0.25) is 0 Å². The maximum atomic E-state index is 12.3. The highest BCUT2D eigenvalue weighted by atomic mass is 16.5. The average molecular weight is 295 g/mol.